The Labute approximate surface area is 111 Å². The zero-order valence-electron chi connectivity index (χ0n) is 11.6. The summed E-state index contributed by atoms with van der Waals surface area (Å²) in [7, 11) is 1.33. The van der Waals surface area contributed by atoms with E-state index in [9.17, 15) is 9.90 Å². The van der Waals surface area contributed by atoms with Gasteiger partial charge in [0.05, 0.1) is 19.6 Å². The Kier molecular flexibility index (Phi) is 11.6. The van der Waals surface area contributed by atoms with Gasteiger partial charge in [0.1, 0.15) is 0 Å². The number of carbonyl (C=O) groups excluding carboxylic acids is 1. The van der Waals surface area contributed by atoms with Crippen LogP contribution in [-0.4, -0.2) is 24.3 Å². The van der Waals surface area contributed by atoms with Gasteiger partial charge in [0, 0.05) is 0 Å². The molecule has 0 saturated heterocycles. The molecule has 0 heterocycles. The van der Waals surface area contributed by atoms with Crippen molar-refractivity contribution in [3.63, 3.8) is 0 Å². The molecular weight excluding hydrogens is 228 g/mol. The maximum Gasteiger partial charge on any atom is 0.308 e. The van der Waals surface area contributed by atoms with Gasteiger partial charge in [-0.15, -0.1) is 0 Å². The first-order valence-electron chi connectivity index (χ1n) is 6.75. The molecule has 3 heteroatoms. The first-order chi connectivity index (χ1) is 8.70. The maximum absolute atomic E-state index is 10.9. The largest absolute Gasteiger partial charge is 0.469 e. The molecule has 0 aromatic rings. The number of rotatable bonds is 10. The normalized spacial score (nSPS) is 13.3. The molecule has 1 atom stereocenters. The van der Waals surface area contributed by atoms with Gasteiger partial charge >= 0.3 is 5.97 Å². The van der Waals surface area contributed by atoms with Gasteiger partial charge in [0.25, 0.3) is 0 Å². The summed E-state index contributed by atoms with van der Waals surface area (Å²) in [5, 5.41) is 9.48. The van der Waals surface area contributed by atoms with Gasteiger partial charge in [0.15, 0.2) is 0 Å². The van der Waals surface area contributed by atoms with Crippen LogP contribution in [0.15, 0.2) is 24.3 Å². The molecule has 18 heavy (non-hydrogen) atoms. The molecule has 0 rings (SSSR count). The van der Waals surface area contributed by atoms with Crippen LogP contribution in [0.2, 0.25) is 0 Å². The lowest BCUT2D eigenvalue weighted by Gasteiger charge is -2.04. The van der Waals surface area contributed by atoms with E-state index < -0.39 is 6.10 Å². The molecule has 104 valence electrons. The molecule has 0 unspecified atom stereocenters. The molecule has 0 radical (unpaired) electrons. The molecule has 0 aliphatic carbocycles. The highest BCUT2D eigenvalue weighted by Crippen LogP contribution is 2.03. The van der Waals surface area contributed by atoms with Crippen LogP contribution in [-0.2, 0) is 9.53 Å². The summed E-state index contributed by atoms with van der Waals surface area (Å²) >= 11 is 0. The topological polar surface area (TPSA) is 46.5 Å². The van der Waals surface area contributed by atoms with Crippen molar-refractivity contribution >= 4 is 5.97 Å². The second kappa shape index (κ2) is 12.4. The van der Waals surface area contributed by atoms with E-state index in [0.29, 0.717) is 6.42 Å². The predicted molar refractivity (Wildman–Crippen MR) is 74.3 cm³/mol. The van der Waals surface area contributed by atoms with Crippen LogP contribution in [0.1, 0.15) is 51.9 Å². The van der Waals surface area contributed by atoms with Crippen molar-refractivity contribution in [3.05, 3.63) is 24.3 Å². The van der Waals surface area contributed by atoms with E-state index in [2.05, 4.69) is 23.8 Å². The van der Waals surface area contributed by atoms with Crippen molar-refractivity contribution in [2.24, 2.45) is 0 Å². The Balaban J connectivity index is 3.50. The fourth-order valence-electron chi connectivity index (χ4n) is 1.51. The number of unbranched alkanes of at least 4 members (excludes halogenated alkanes) is 3. The summed E-state index contributed by atoms with van der Waals surface area (Å²) in [6.45, 7) is 2.20. The molecular formula is C15H26O3. The molecule has 0 amide bonds. The van der Waals surface area contributed by atoms with Crippen molar-refractivity contribution in [2.75, 3.05) is 7.11 Å². The number of aliphatic hydroxyl groups is 1. The Bertz CT molecular complexity index is 256. The van der Waals surface area contributed by atoms with Crippen LogP contribution in [0, 0.1) is 0 Å². The van der Waals surface area contributed by atoms with Crippen molar-refractivity contribution < 1.29 is 14.6 Å². The molecule has 0 aliphatic rings. The zero-order valence-corrected chi connectivity index (χ0v) is 11.6. The average Bonchev–Trinajstić information content (AvgIpc) is 2.36. The molecule has 0 spiro atoms. The fourth-order valence-corrected chi connectivity index (χ4v) is 1.51. The number of hydrogen-bond donors (Lipinski definition) is 1. The second-order valence-electron chi connectivity index (χ2n) is 4.34. The van der Waals surface area contributed by atoms with Gasteiger partial charge in [-0.2, -0.15) is 0 Å². The lowest BCUT2D eigenvalue weighted by molar-refractivity contribution is -0.142. The van der Waals surface area contributed by atoms with E-state index in [1.54, 1.807) is 0 Å². The van der Waals surface area contributed by atoms with E-state index in [4.69, 9.17) is 0 Å². The van der Waals surface area contributed by atoms with Crippen molar-refractivity contribution in [1.29, 1.82) is 0 Å². The van der Waals surface area contributed by atoms with Crippen LogP contribution in [0.25, 0.3) is 0 Å². The van der Waals surface area contributed by atoms with E-state index in [1.807, 2.05) is 12.2 Å². The highest BCUT2D eigenvalue weighted by molar-refractivity contribution is 5.69. The summed E-state index contributed by atoms with van der Waals surface area (Å²) in [4.78, 5) is 10.9. The van der Waals surface area contributed by atoms with Gasteiger partial charge in [-0.25, -0.2) is 0 Å². The van der Waals surface area contributed by atoms with Gasteiger partial charge < -0.3 is 9.84 Å². The van der Waals surface area contributed by atoms with Gasteiger partial charge in [-0.05, 0) is 25.7 Å². The van der Waals surface area contributed by atoms with E-state index in [1.165, 1.54) is 26.4 Å². The number of ether oxygens (including phenoxy) is 1. The van der Waals surface area contributed by atoms with Crippen LogP contribution >= 0.6 is 0 Å². The summed E-state index contributed by atoms with van der Waals surface area (Å²) < 4.78 is 4.48. The third-order valence-electron chi connectivity index (χ3n) is 2.62. The average molecular weight is 254 g/mol. The molecule has 0 fully saturated rings. The van der Waals surface area contributed by atoms with Crippen LogP contribution < -0.4 is 0 Å². The number of aliphatic hydroxyl groups excluding tert-OH is 1. The van der Waals surface area contributed by atoms with Gasteiger partial charge in [-0.3, -0.25) is 4.79 Å². The van der Waals surface area contributed by atoms with E-state index in [-0.39, 0.29) is 12.4 Å². The fraction of sp³-hybridized carbons (Fsp3) is 0.667. The molecule has 3 nitrogen and oxygen atoms in total. The molecule has 1 N–H and O–H groups in total. The minimum atomic E-state index is -0.637. The standard InChI is InChI=1S/C15H26O3/c1-3-4-5-6-7-8-9-10-11-12-14(16)13-15(17)18-2/h7-8,10-11,14,16H,3-6,9,12-13H2,1-2H3/b8-7-,11-10-/t14-/m1/s1. The third kappa shape index (κ3) is 11.4. The Hall–Kier alpha value is -1.09. The highest BCUT2D eigenvalue weighted by atomic mass is 16.5. The number of hydrogen-bond acceptors (Lipinski definition) is 3. The number of allylic oxidation sites excluding steroid dienone is 3. The minimum absolute atomic E-state index is 0.0632. The minimum Gasteiger partial charge on any atom is -0.469 e. The SMILES string of the molecule is CCCCC/C=C\C/C=C\C[C@@H](O)CC(=O)OC. The van der Waals surface area contributed by atoms with Crippen LogP contribution in [0.4, 0.5) is 0 Å². The van der Waals surface area contributed by atoms with Gasteiger partial charge in [-0.1, -0.05) is 44.1 Å². The van der Waals surface area contributed by atoms with Crippen molar-refractivity contribution in [3.8, 4) is 0 Å². The van der Waals surface area contributed by atoms with Crippen LogP contribution in [0.3, 0.4) is 0 Å². The first-order valence-corrected chi connectivity index (χ1v) is 6.75. The first kappa shape index (κ1) is 16.9. The lowest BCUT2D eigenvalue weighted by atomic mass is 10.1. The lowest BCUT2D eigenvalue weighted by Crippen LogP contribution is -2.13. The van der Waals surface area contributed by atoms with Crippen molar-refractivity contribution in [1.82, 2.24) is 0 Å². The highest BCUT2D eigenvalue weighted by Gasteiger charge is 2.08. The third-order valence-corrected chi connectivity index (χ3v) is 2.62. The number of methoxy groups -OCH3 is 1. The summed E-state index contributed by atoms with van der Waals surface area (Å²) in [6, 6.07) is 0. The molecule has 0 saturated carbocycles. The molecule has 0 aromatic carbocycles. The summed E-state index contributed by atoms with van der Waals surface area (Å²) in [6.07, 6.45) is 14.0. The molecule has 0 aliphatic heterocycles. The van der Waals surface area contributed by atoms with Crippen LogP contribution in [0.5, 0.6) is 0 Å². The quantitative estimate of drug-likeness (QED) is 0.369. The maximum atomic E-state index is 10.9. The van der Waals surface area contributed by atoms with Gasteiger partial charge in [0.2, 0.25) is 0 Å². The predicted octanol–water partition coefficient (Wildman–Crippen LogP) is 3.38. The monoisotopic (exact) mass is 254 g/mol. The van der Waals surface area contributed by atoms with Crippen molar-refractivity contribution in [2.45, 2.75) is 58.0 Å². The number of carbonyl (C=O) groups is 1. The Morgan fingerprint density at radius 1 is 1.22 bits per heavy atom. The smallest absolute Gasteiger partial charge is 0.308 e. The summed E-state index contributed by atoms with van der Waals surface area (Å²) in [5.41, 5.74) is 0. The zero-order chi connectivity index (χ0) is 13.6. The Morgan fingerprint density at radius 3 is 2.61 bits per heavy atom. The van der Waals surface area contributed by atoms with E-state index in [0.717, 1.165) is 12.8 Å². The molecule has 0 bridgehead atoms. The second-order valence-corrected chi connectivity index (χ2v) is 4.34. The molecule has 0 aromatic heterocycles. The number of esters is 1. The Morgan fingerprint density at radius 2 is 1.94 bits per heavy atom. The summed E-state index contributed by atoms with van der Waals surface area (Å²) in [5.74, 6) is -0.369. The van der Waals surface area contributed by atoms with E-state index >= 15 is 0 Å².